The van der Waals surface area contributed by atoms with Crippen LogP contribution in [0.5, 0.6) is 0 Å². The highest BCUT2D eigenvalue weighted by atomic mass is 16.7. The van der Waals surface area contributed by atoms with Crippen molar-refractivity contribution in [3.63, 3.8) is 0 Å². The van der Waals surface area contributed by atoms with Gasteiger partial charge in [0.25, 0.3) is 5.96 Å². The number of rotatable bonds is 5. The molecule has 0 saturated carbocycles. The second-order valence-corrected chi connectivity index (χ2v) is 3.72. The van der Waals surface area contributed by atoms with E-state index in [0.29, 0.717) is 0 Å². The number of nitrogens with two attached hydrogens (primary N) is 1. The molecule has 0 aromatic heterocycles. The molecule has 7 nitrogen and oxygen atoms in total. The molecule has 100 valence electrons. The van der Waals surface area contributed by atoms with Crippen LogP contribution in [0, 0.1) is 17.0 Å². The minimum Gasteiger partial charge on any atom is -0.363 e. The molecule has 2 N–H and O–H groups in total. The highest BCUT2D eigenvalue weighted by Crippen LogP contribution is 2.01. The van der Waals surface area contributed by atoms with Gasteiger partial charge in [0.15, 0.2) is 5.03 Å². The molecule has 1 aromatic carbocycles. The van der Waals surface area contributed by atoms with Crippen molar-refractivity contribution in [3.05, 3.63) is 58.2 Å². The summed E-state index contributed by atoms with van der Waals surface area (Å²) in [6, 6.07) is 7.64. The Balaban J connectivity index is 2.86. The number of hydrazone groups is 2. The number of guanidine groups is 1. The lowest BCUT2D eigenvalue weighted by molar-refractivity contribution is -0.485. The predicted octanol–water partition coefficient (Wildman–Crippen LogP) is 1.32. The van der Waals surface area contributed by atoms with Crippen LogP contribution in [0.1, 0.15) is 11.1 Å². The van der Waals surface area contributed by atoms with E-state index in [9.17, 15) is 10.1 Å². The maximum Gasteiger partial charge on any atom is 0.289 e. The average molecular weight is 261 g/mol. The minimum absolute atomic E-state index is 0.228. The molecule has 0 aliphatic carbocycles. The maximum atomic E-state index is 10.3. The van der Waals surface area contributed by atoms with Gasteiger partial charge in [0.2, 0.25) is 0 Å². The van der Waals surface area contributed by atoms with Gasteiger partial charge in [-0.15, -0.1) is 6.58 Å². The lowest BCUT2D eigenvalue weighted by atomic mass is 10.2. The lowest BCUT2D eigenvalue weighted by Crippen LogP contribution is -2.34. The van der Waals surface area contributed by atoms with Crippen molar-refractivity contribution < 1.29 is 5.03 Å². The Hall–Kier alpha value is -2.70. The Bertz CT molecular complexity index is 507. The molecule has 19 heavy (non-hydrogen) atoms. The second-order valence-electron chi connectivity index (χ2n) is 3.72. The summed E-state index contributed by atoms with van der Waals surface area (Å²) in [5, 5.41) is 17.6. The summed E-state index contributed by atoms with van der Waals surface area (Å²) in [4.78, 5) is 10.3. The van der Waals surface area contributed by atoms with Gasteiger partial charge in [-0.05, 0) is 12.5 Å². The summed E-state index contributed by atoms with van der Waals surface area (Å²) in [5.41, 5.74) is 7.45. The molecule has 0 aliphatic heterocycles. The highest BCUT2D eigenvalue weighted by Gasteiger charge is 2.08. The average Bonchev–Trinajstić information content (AvgIpc) is 2.35. The van der Waals surface area contributed by atoms with Crippen LogP contribution in [0.3, 0.4) is 0 Å². The largest absolute Gasteiger partial charge is 0.363 e. The van der Waals surface area contributed by atoms with Gasteiger partial charge in [-0.3, -0.25) is 0 Å². The van der Waals surface area contributed by atoms with Crippen LogP contribution >= 0.6 is 0 Å². The molecule has 0 amide bonds. The van der Waals surface area contributed by atoms with Crippen LogP contribution in [0.25, 0.3) is 0 Å². The Morgan fingerprint density at radius 3 is 2.68 bits per heavy atom. The Morgan fingerprint density at radius 1 is 1.53 bits per heavy atom. The Kier molecular flexibility index (Phi) is 5.21. The third kappa shape index (κ3) is 4.99. The molecular formula is C12H15N5O2. The molecule has 1 rings (SSSR count). The van der Waals surface area contributed by atoms with Crippen molar-refractivity contribution in [1.82, 2.24) is 5.01 Å². The second kappa shape index (κ2) is 6.90. The van der Waals surface area contributed by atoms with Gasteiger partial charge in [0.1, 0.15) is 5.10 Å². The van der Waals surface area contributed by atoms with Gasteiger partial charge < -0.3 is 5.73 Å². The summed E-state index contributed by atoms with van der Waals surface area (Å²) < 4.78 is 0. The van der Waals surface area contributed by atoms with Crippen molar-refractivity contribution in [1.29, 1.82) is 0 Å². The molecule has 1 aromatic rings. The zero-order valence-electron chi connectivity index (χ0n) is 10.6. The van der Waals surface area contributed by atoms with E-state index in [1.807, 2.05) is 31.2 Å². The quantitative estimate of drug-likeness (QED) is 0.284. The number of hydrogen-bond acceptors (Lipinski definition) is 3. The number of nitrogens with zero attached hydrogens (tertiary/aromatic N) is 4. The molecule has 0 unspecified atom stereocenters. The van der Waals surface area contributed by atoms with E-state index in [0.717, 1.165) is 11.1 Å². The minimum atomic E-state index is -0.868. The van der Waals surface area contributed by atoms with E-state index < -0.39 is 5.03 Å². The van der Waals surface area contributed by atoms with E-state index in [2.05, 4.69) is 16.8 Å². The fourth-order valence-corrected chi connectivity index (χ4v) is 1.25. The molecule has 0 saturated heterocycles. The summed E-state index contributed by atoms with van der Waals surface area (Å²) in [6.07, 6.45) is 3.07. The van der Waals surface area contributed by atoms with Crippen molar-refractivity contribution in [2.24, 2.45) is 15.9 Å². The third-order valence-electron chi connectivity index (χ3n) is 2.17. The van der Waals surface area contributed by atoms with Crippen LogP contribution in [0.4, 0.5) is 0 Å². The van der Waals surface area contributed by atoms with E-state index in [-0.39, 0.29) is 12.5 Å². The van der Waals surface area contributed by atoms with Crippen LogP contribution in [-0.4, -0.2) is 28.8 Å². The predicted molar refractivity (Wildman–Crippen MR) is 74.3 cm³/mol. The topological polar surface area (TPSA) is 97.1 Å². The van der Waals surface area contributed by atoms with Crippen molar-refractivity contribution in [2.45, 2.75) is 6.92 Å². The maximum absolute atomic E-state index is 10.3. The SMILES string of the molecule is C=CCN(/N=C/c1ccc(C)cc1)/C(N)=N/[N+](=O)[O-]. The first-order valence-corrected chi connectivity index (χ1v) is 5.50. The smallest absolute Gasteiger partial charge is 0.289 e. The van der Waals surface area contributed by atoms with Crippen molar-refractivity contribution in [3.8, 4) is 0 Å². The van der Waals surface area contributed by atoms with Crippen LogP contribution in [-0.2, 0) is 0 Å². The standard InChI is InChI=1S/C12H15N5O2/c1-3-8-16(12(13)15-17(18)19)14-9-11-6-4-10(2)5-7-11/h3-7,9H,1,8H2,2H3,(H2,13,15)/b14-9+. The van der Waals surface area contributed by atoms with E-state index in [1.54, 1.807) is 6.21 Å². The molecule has 0 atom stereocenters. The summed E-state index contributed by atoms with van der Waals surface area (Å²) in [6.45, 7) is 5.74. The third-order valence-corrected chi connectivity index (χ3v) is 2.17. The highest BCUT2D eigenvalue weighted by molar-refractivity contribution is 5.83. The molecular weight excluding hydrogens is 246 g/mol. The molecule has 0 aliphatic rings. The summed E-state index contributed by atoms with van der Waals surface area (Å²) in [5.74, 6) is -0.298. The number of benzene rings is 1. The van der Waals surface area contributed by atoms with Gasteiger partial charge in [-0.2, -0.15) is 5.10 Å². The first kappa shape index (κ1) is 14.4. The van der Waals surface area contributed by atoms with Crippen LogP contribution in [0.2, 0.25) is 0 Å². The van der Waals surface area contributed by atoms with Crippen molar-refractivity contribution in [2.75, 3.05) is 6.54 Å². The van der Waals surface area contributed by atoms with Gasteiger partial charge in [0, 0.05) is 0 Å². The van der Waals surface area contributed by atoms with E-state index in [1.165, 1.54) is 11.1 Å². The number of nitro groups is 1. The van der Waals surface area contributed by atoms with Gasteiger partial charge in [0.05, 0.1) is 12.8 Å². The van der Waals surface area contributed by atoms with Crippen molar-refractivity contribution >= 4 is 12.2 Å². The normalized spacial score (nSPS) is 11.5. The molecule has 0 fully saturated rings. The fraction of sp³-hybridized carbons (Fsp3) is 0.167. The first-order chi connectivity index (χ1) is 9.02. The monoisotopic (exact) mass is 261 g/mol. The van der Waals surface area contributed by atoms with Crippen LogP contribution in [0.15, 0.2) is 47.1 Å². The van der Waals surface area contributed by atoms with Gasteiger partial charge in [-0.1, -0.05) is 35.9 Å². The first-order valence-electron chi connectivity index (χ1n) is 5.50. The summed E-state index contributed by atoms with van der Waals surface area (Å²) >= 11 is 0. The number of aryl methyl sites for hydroxylation is 1. The van der Waals surface area contributed by atoms with Crippen LogP contribution < -0.4 is 5.73 Å². The zero-order chi connectivity index (χ0) is 14.3. The molecule has 0 radical (unpaired) electrons. The van der Waals surface area contributed by atoms with Gasteiger partial charge in [-0.25, -0.2) is 15.1 Å². The summed E-state index contributed by atoms with van der Waals surface area (Å²) in [7, 11) is 0. The zero-order valence-corrected chi connectivity index (χ0v) is 10.6. The van der Waals surface area contributed by atoms with E-state index >= 15 is 0 Å². The fourth-order valence-electron chi connectivity index (χ4n) is 1.25. The molecule has 0 heterocycles. The lowest BCUT2D eigenvalue weighted by Gasteiger charge is -2.12. The molecule has 0 spiro atoms. The molecule has 7 heteroatoms. The van der Waals surface area contributed by atoms with E-state index in [4.69, 9.17) is 5.73 Å². The Morgan fingerprint density at radius 2 is 2.16 bits per heavy atom. The Labute approximate surface area is 110 Å². The number of hydrogen-bond donors (Lipinski definition) is 1. The molecule has 0 bridgehead atoms. The van der Waals surface area contributed by atoms with Gasteiger partial charge >= 0.3 is 0 Å².